The molecule has 0 atom stereocenters. The molecule has 0 heterocycles. The van der Waals surface area contributed by atoms with Crippen molar-refractivity contribution >= 4 is 10.8 Å². The van der Waals surface area contributed by atoms with Crippen LogP contribution in [0.4, 0.5) is 0 Å². The lowest BCUT2D eigenvalue weighted by molar-refractivity contribution is 0.0944. The molecule has 0 saturated carbocycles. The first-order chi connectivity index (χ1) is 13.9. The van der Waals surface area contributed by atoms with Gasteiger partial charge in [-0.15, -0.1) is 0 Å². The monoisotopic (exact) mass is 392 g/mol. The van der Waals surface area contributed by atoms with Crippen molar-refractivity contribution in [2.24, 2.45) is 0 Å². The van der Waals surface area contributed by atoms with Gasteiger partial charge >= 0.3 is 0 Å². The van der Waals surface area contributed by atoms with Gasteiger partial charge in [0.15, 0.2) is 0 Å². The predicted molar refractivity (Wildman–Crippen MR) is 109 cm³/mol. The second-order valence-corrected chi connectivity index (χ2v) is 6.39. The van der Waals surface area contributed by atoms with Gasteiger partial charge in [-0.2, -0.15) is 0 Å². The Labute approximate surface area is 167 Å². The van der Waals surface area contributed by atoms with Crippen molar-refractivity contribution in [3.8, 4) is 11.5 Å². The lowest BCUT2D eigenvalue weighted by atomic mass is 10.1. The van der Waals surface area contributed by atoms with Crippen molar-refractivity contribution in [2.75, 3.05) is 52.9 Å². The minimum atomic E-state index is 0.204. The van der Waals surface area contributed by atoms with Crippen LogP contribution in [0.2, 0.25) is 0 Å². The van der Waals surface area contributed by atoms with E-state index in [4.69, 9.17) is 29.2 Å². The maximum atomic E-state index is 8.75. The van der Waals surface area contributed by atoms with Gasteiger partial charge in [0.25, 0.3) is 0 Å². The quantitative estimate of drug-likeness (QED) is 0.427. The van der Waals surface area contributed by atoms with Crippen molar-refractivity contribution in [1.29, 1.82) is 0 Å². The number of benzene rings is 2. The summed E-state index contributed by atoms with van der Waals surface area (Å²) in [7, 11) is 0. The molecule has 0 spiro atoms. The first kappa shape index (κ1) is 22.4. The maximum absolute atomic E-state index is 8.75. The molecule has 156 valence electrons. The van der Waals surface area contributed by atoms with Crippen molar-refractivity contribution < 1.29 is 29.2 Å². The van der Waals surface area contributed by atoms with E-state index in [1.54, 1.807) is 0 Å². The van der Waals surface area contributed by atoms with Gasteiger partial charge in [-0.1, -0.05) is 24.3 Å². The second kappa shape index (κ2) is 14.2. The minimum Gasteiger partial charge on any atom is -0.491 e. The molecule has 6 nitrogen and oxygen atoms in total. The molecule has 0 saturated heterocycles. The third-order valence-electron chi connectivity index (χ3n) is 4.21. The number of unbranched alkanes of at least 4 members (excludes halogenated alkanes) is 2. The normalized spacial score (nSPS) is 11.1. The molecule has 0 aliphatic heterocycles. The number of aliphatic hydroxyl groups excluding tert-OH is 2. The first-order valence-electron chi connectivity index (χ1n) is 10.0. The molecular formula is C22H32O6. The molecule has 0 amide bonds. The zero-order chi connectivity index (χ0) is 19.9. The highest BCUT2D eigenvalue weighted by atomic mass is 16.5. The molecule has 6 heteroatoms. The molecule has 0 aliphatic carbocycles. The highest BCUT2D eigenvalue weighted by Gasteiger charge is 2.07. The molecule has 2 aromatic carbocycles. The minimum absolute atomic E-state index is 0.204. The summed E-state index contributed by atoms with van der Waals surface area (Å²) in [5.74, 6) is 1.62. The number of ether oxygens (including phenoxy) is 4. The fourth-order valence-corrected chi connectivity index (χ4v) is 2.76. The number of rotatable bonds is 16. The van der Waals surface area contributed by atoms with Gasteiger partial charge in [0, 0.05) is 37.2 Å². The van der Waals surface area contributed by atoms with Gasteiger partial charge < -0.3 is 29.2 Å². The third kappa shape index (κ3) is 8.02. The van der Waals surface area contributed by atoms with E-state index in [1.165, 1.54) is 0 Å². The molecule has 0 bridgehead atoms. The Balaban J connectivity index is 1.80. The van der Waals surface area contributed by atoms with Crippen LogP contribution in [-0.2, 0) is 9.47 Å². The van der Waals surface area contributed by atoms with Gasteiger partial charge in [0.2, 0.25) is 0 Å². The molecule has 0 aromatic heterocycles. The Morgan fingerprint density at radius 1 is 0.536 bits per heavy atom. The Hall–Kier alpha value is -1.86. The van der Waals surface area contributed by atoms with Crippen molar-refractivity contribution in [1.82, 2.24) is 0 Å². The van der Waals surface area contributed by atoms with Gasteiger partial charge in [-0.05, 0) is 37.8 Å². The van der Waals surface area contributed by atoms with E-state index in [0.29, 0.717) is 39.6 Å². The van der Waals surface area contributed by atoms with E-state index in [0.717, 1.165) is 48.0 Å². The van der Waals surface area contributed by atoms with E-state index in [1.807, 2.05) is 36.4 Å². The Morgan fingerprint density at radius 3 is 1.43 bits per heavy atom. The van der Waals surface area contributed by atoms with Crippen molar-refractivity contribution in [3.63, 3.8) is 0 Å². The lowest BCUT2D eigenvalue weighted by Gasteiger charge is -2.13. The molecule has 2 rings (SSSR count). The molecule has 0 aliphatic rings. The zero-order valence-corrected chi connectivity index (χ0v) is 16.5. The second-order valence-electron chi connectivity index (χ2n) is 6.39. The van der Waals surface area contributed by atoms with Crippen molar-refractivity contribution in [2.45, 2.75) is 25.7 Å². The SMILES string of the molecule is OCCCCOCCOc1cccc2c(OCCOCCCCO)cccc12. The average Bonchev–Trinajstić information content (AvgIpc) is 2.72. The van der Waals surface area contributed by atoms with Crippen LogP contribution in [-0.4, -0.2) is 63.1 Å². The van der Waals surface area contributed by atoms with Gasteiger partial charge in [-0.25, -0.2) is 0 Å². The van der Waals surface area contributed by atoms with E-state index in [2.05, 4.69) is 0 Å². The zero-order valence-electron chi connectivity index (χ0n) is 16.5. The molecule has 0 radical (unpaired) electrons. The highest BCUT2D eigenvalue weighted by molar-refractivity contribution is 5.93. The highest BCUT2D eigenvalue weighted by Crippen LogP contribution is 2.32. The molecule has 0 unspecified atom stereocenters. The summed E-state index contributed by atoms with van der Waals surface area (Å²) >= 11 is 0. The van der Waals surface area contributed by atoms with Crippen LogP contribution in [0.25, 0.3) is 10.8 Å². The molecule has 28 heavy (non-hydrogen) atoms. The number of hydrogen-bond donors (Lipinski definition) is 2. The predicted octanol–water partition coefficient (Wildman–Crippen LogP) is 3.18. The summed E-state index contributed by atoms with van der Waals surface area (Å²) < 4.78 is 22.8. The number of fused-ring (bicyclic) bond motifs is 1. The van der Waals surface area contributed by atoms with Crippen LogP contribution < -0.4 is 9.47 Å². The molecular weight excluding hydrogens is 360 g/mol. The van der Waals surface area contributed by atoms with Gasteiger partial charge in [0.05, 0.1) is 13.2 Å². The van der Waals surface area contributed by atoms with E-state index in [9.17, 15) is 0 Å². The van der Waals surface area contributed by atoms with Crippen LogP contribution in [0.3, 0.4) is 0 Å². The summed E-state index contributed by atoms with van der Waals surface area (Å²) in [5.41, 5.74) is 0. The average molecular weight is 392 g/mol. The van der Waals surface area contributed by atoms with Crippen LogP contribution in [0.15, 0.2) is 36.4 Å². The summed E-state index contributed by atoms with van der Waals surface area (Å²) in [6, 6.07) is 11.8. The van der Waals surface area contributed by atoms with Crippen LogP contribution in [0.5, 0.6) is 11.5 Å². The number of hydrogen-bond acceptors (Lipinski definition) is 6. The summed E-state index contributed by atoms with van der Waals surface area (Å²) in [4.78, 5) is 0. The van der Waals surface area contributed by atoms with Gasteiger partial charge in [0.1, 0.15) is 24.7 Å². The van der Waals surface area contributed by atoms with Crippen LogP contribution >= 0.6 is 0 Å². The summed E-state index contributed by atoms with van der Waals surface area (Å²) in [6.07, 6.45) is 3.24. The fourth-order valence-electron chi connectivity index (χ4n) is 2.76. The van der Waals surface area contributed by atoms with E-state index < -0.39 is 0 Å². The third-order valence-corrected chi connectivity index (χ3v) is 4.21. The maximum Gasteiger partial charge on any atom is 0.127 e. The first-order valence-corrected chi connectivity index (χ1v) is 10.0. The Kier molecular flexibility index (Phi) is 11.4. The number of aliphatic hydroxyl groups is 2. The Bertz CT molecular complexity index is 603. The van der Waals surface area contributed by atoms with Crippen LogP contribution in [0, 0.1) is 0 Å². The molecule has 2 N–H and O–H groups in total. The standard InChI is InChI=1S/C22H32O6/c23-11-1-3-13-25-15-17-27-21-9-5-8-20-19(21)7-6-10-22(20)28-18-16-26-14-4-2-12-24/h5-10,23-24H,1-4,11-18H2. The summed E-state index contributed by atoms with van der Waals surface area (Å²) in [5, 5.41) is 19.5. The Morgan fingerprint density at radius 2 is 1.00 bits per heavy atom. The lowest BCUT2D eigenvalue weighted by Crippen LogP contribution is -2.09. The molecule has 2 aromatic rings. The fraction of sp³-hybridized carbons (Fsp3) is 0.545. The van der Waals surface area contributed by atoms with Crippen molar-refractivity contribution in [3.05, 3.63) is 36.4 Å². The van der Waals surface area contributed by atoms with Gasteiger partial charge in [-0.3, -0.25) is 0 Å². The molecule has 0 fully saturated rings. The van der Waals surface area contributed by atoms with Crippen LogP contribution in [0.1, 0.15) is 25.7 Å². The topological polar surface area (TPSA) is 77.4 Å². The van der Waals surface area contributed by atoms with E-state index in [-0.39, 0.29) is 13.2 Å². The smallest absolute Gasteiger partial charge is 0.127 e. The van der Waals surface area contributed by atoms with E-state index >= 15 is 0 Å². The largest absolute Gasteiger partial charge is 0.491 e. The summed E-state index contributed by atoms with van der Waals surface area (Å²) in [6.45, 7) is 3.68.